The van der Waals surface area contributed by atoms with E-state index < -0.39 is 5.91 Å². The van der Waals surface area contributed by atoms with Crippen molar-refractivity contribution in [2.24, 2.45) is 5.10 Å². The highest BCUT2D eigenvalue weighted by Gasteiger charge is 2.28. The Balaban J connectivity index is 1.60. The summed E-state index contributed by atoms with van der Waals surface area (Å²) in [6.07, 6.45) is 0. The molecular formula is C18H16FN3O3S. The van der Waals surface area contributed by atoms with Gasteiger partial charge < -0.3 is 9.64 Å². The molecule has 0 aromatic heterocycles. The molecule has 8 heteroatoms. The van der Waals surface area contributed by atoms with E-state index in [1.165, 1.54) is 12.1 Å². The van der Waals surface area contributed by atoms with E-state index in [0.717, 1.165) is 17.3 Å². The number of amides is 1. The standard InChI is InChI=1S/C18H16FN3O3S/c1-12-2-8-15(9-3-12)25-11-16(23)20-21-18-22(10-17(24)26-18)14-6-4-13(19)5-7-14/h2-9H,10-11H2,1H3,(H,20,23)/b21-18-. The number of ether oxygens (including phenoxy) is 1. The summed E-state index contributed by atoms with van der Waals surface area (Å²) in [6.45, 7) is 1.86. The Hall–Kier alpha value is -2.87. The first kappa shape index (κ1) is 17.9. The fraction of sp³-hybridized carbons (Fsp3) is 0.167. The summed E-state index contributed by atoms with van der Waals surface area (Å²) in [5, 5.41) is 4.20. The average Bonchev–Trinajstić information content (AvgIpc) is 3.01. The number of anilines is 1. The Kier molecular flexibility index (Phi) is 5.52. The molecule has 0 bridgehead atoms. The van der Waals surface area contributed by atoms with Crippen LogP contribution in [0.25, 0.3) is 0 Å². The lowest BCUT2D eigenvalue weighted by Gasteiger charge is -2.16. The molecule has 2 aromatic carbocycles. The van der Waals surface area contributed by atoms with Crippen molar-refractivity contribution in [3.63, 3.8) is 0 Å². The van der Waals surface area contributed by atoms with Crippen LogP contribution >= 0.6 is 11.8 Å². The molecule has 6 nitrogen and oxygen atoms in total. The summed E-state index contributed by atoms with van der Waals surface area (Å²) in [6, 6.07) is 13.0. The van der Waals surface area contributed by atoms with Gasteiger partial charge in [0.25, 0.3) is 5.91 Å². The fourth-order valence-electron chi connectivity index (χ4n) is 2.22. The van der Waals surface area contributed by atoms with Crippen molar-refractivity contribution >= 4 is 33.6 Å². The molecule has 1 N–H and O–H groups in total. The average molecular weight is 373 g/mol. The van der Waals surface area contributed by atoms with Crippen molar-refractivity contribution in [1.29, 1.82) is 0 Å². The van der Waals surface area contributed by atoms with Crippen LogP contribution in [0, 0.1) is 12.7 Å². The number of rotatable bonds is 5. The lowest BCUT2D eigenvalue weighted by molar-refractivity contribution is -0.123. The van der Waals surface area contributed by atoms with Crippen molar-refractivity contribution in [3.8, 4) is 5.75 Å². The van der Waals surface area contributed by atoms with E-state index in [1.807, 2.05) is 19.1 Å². The molecule has 0 unspecified atom stereocenters. The molecule has 134 valence electrons. The molecule has 0 radical (unpaired) electrons. The summed E-state index contributed by atoms with van der Waals surface area (Å²) in [4.78, 5) is 25.2. The molecule has 1 amide bonds. The number of nitrogens with zero attached hydrogens (tertiary/aromatic N) is 2. The van der Waals surface area contributed by atoms with E-state index in [0.29, 0.717) is 16.6 Å². The molecule has 1 heterocycles. The van der Waals surface area contributed by atoms with Gasteiger partial charge in [-0.25, -0.2) is 9.82 Å². The van der Waals surface area contributed by atoms with Crippen molar-refractivity contribution in [1.82, 2.24) is 5.43 Å². The maximum absolute atomic E-state index is 13.1. The van der Waals surface area contributed by atoms with E-state index in [-0.39, 0.29) is 24.1 Å². The van der Waals surface area contributed by atoms with Gasteiger partial charge in [0.05, 0.1) is 6.54 Å². The van der Waals surface area contributed by atoms with E-state index in [9.17, 15) is 14.0 Å². The number of carbonyl (C=O) groups excluding carboxylic acids is 2. The first-order valence-electron chi connectivity index (χ1n) is 7.81. The summed E-state index contributed by atoms with van der Waals surface area (Å²) >= 11 is 0.918. The van der Waals surface area contributed by atoms with Crippen LogP contribution < -0.4 is 15.1 Å². The van der Waals surface area contributed by atoms with Crippen LogP contribution in [0.15, 0.2) is 53.6 Å². The second kappa shape index (κ2) is 8.01. The summed E-state index contributed by atoms with van der Waals surface area (Å²) < 4.78 is 18.4. The number of hydrogen-bond donors (Lipinski definition) is 1. The molecule has 3 rings (SSSR count). The molecule has 1 fully saturated rings. The van der Waals surface area contributed by atoms with Crippen molar-refractivity contribution < 1.29 is 18.7 Å². The van der Waals surface area contributed by atoms with Crippen molar-refractivity contribution in [2.75, 3.05) is 18.1 Å². The van der Waals surface area contributed by atoms with Gasteiger partial charge in [-0.15, -0.1) is 5.10 Å². The summed E-state index contributed by atoms with van der Waals surface area (Å²) in [5.74, 6) is -0.235. The highest BCUT2D eigenvalue weighted by Crippen LogP contribution is 2.26. The zero-order valence-electron chi connectivity index (χ0n) is 13.9. The smallest absolute Gasteiger partial charge is 0.278 e. The van der Waals surface area contributed by atoms with Gasteiger partial charge in [-0.05, 0) is 55.1 Å². The zero-order chi connectivity index (χ0) is 18.5. The van der Waals surface area contributed by atoms with Gasteiger partial charge in [-0.3, -0.25) is 9.59 Å². The van der Waals surface area contributed by atoms with E-state index >= 15 is 0 Å². The van der Waals surface area contributed by atoms with Crippen molar-refractivity contribution in [3.05, 3.63) is 59.9 Å². The molecular weight excluding hydrogens is 357 g/mol. The second-order valence-corrected chi connectivity index (χ2v) is 6.59. The Bertz CT molecular complexity index is 838. The first-order valence-corrected chi connectivity index (χ1v) is 8.63. The normalized spacial score (nSPS) is 15.4. The quantitative estimate of drug-likeness (QED) is 0.816. The van der Waals surface area contributed by atoms with E-state index in [1.54, 1.807) is 29.2 Å². The molecule has 26 heavy (non-hydrogen) atoms. The van der Waals surface area contributed by atoms with E-state index in [2.05, 4.69) is 10.5 Å². The Morgan fingerprint density at radius 1 is 1.23 bits per heavy atom. The van der Waals surface area contributed by atoms with Gasteiger partial charge in [-0.1, -0.05) is 17.7 Å². The highest BCUT2D eigenvalue weighted by molar-refractivity contribution is 8.27. The Morgan fingerprint density at radius 3 is 2.62 bits per heavy atom. The van der Waals surface area contributed by atoms with Gasteiger partial charge in [0.15, 0.2) is 11.8 Å². The second-order valence-electron chi connectivity index (χ2n) is 5.57. The molecule has 1 aliphatic rings. The molecule has 1 aliphatic heterocycles. The van der Waals surface area contributed by atoms with Crippen LogP contribution in [0.2, 0.25) is 0 Å². The minimum Gasteiger partial charge on any atom is -0.484 e. The Morgan fingerprint density at radius 2 is 1.92 bits per heavy atom. The van der Waals surface area contributed by atoms with Crippen LogP contribution in [0.3, 0.4) is 0 Å². The number of amidine groups is 1. The Labute approximate surface area is 154 Å². The van der Waals surface area contributed by atoms with Crippen LogP contribution in [-0.2, 0) is 9.59 Å². The number of benzene rings is 2. The lowest BCUT2D eigenvalue weighted by Crippen LogP contribution is -2.30. The first-order chi connectivity index (χ1) is 12.5. The SMILES string of the molecule is Cc1ccc(OCC(=O)N/N=C2\SC(=O)CN2c2ccc(F)cc2)cc1. The van der Waals surface area contributed by atoms with Gasteiger partial charge in [0, 0.05) is 5.69 Å². The zero-order valence-corrected chi connectivity index (χ0v) is 14.8. The number of hydrazone groups is 1. The summed E-state index contributed by atoms with van der Waals surface area (Å²) in [5.41, 5.74) is 4.09. The molecule has 0 aliphatic carbocycles. The van der Waals surface area contributed by atoms with Crippen LogP contribution in [-0.4, -0.2) is 29.3 Å². The number of thioether (sulfide) groups is 1. The predicted octanol–water partition coefficient (Wildman–Crippen LogP) is 2.68. The maximum Gasteiger partial charge on any atom is 0.278 e. The largest absolute Gasteiger partial charge is 0.484 e. The molecule has 1 saturated heterocycles. The topological polar surface area (TPSA) is 71.0 Å². The van der Waals surface area contributed by atoms with Crippen LogP contribution in [0.4, 0.5) is 10.1 Å². The monoisotopic (exact) mass is 373 g/mol. The fourth-order valence-corrected chi connectivity index (χ4v) is 2.99. The van der Waals surface area contributed by atoms with Gasteiger partial charge in [0.1, 0.15) is 11.6 Å². The number of halogens is 1. The van der Waals surface area contributed by atoms with Gasteiger partial charge in [-0.2, -0.15) is 0 Å². The minimum absolute atomic E-state index is 0.102. The number of aryl methyl sites for hydroxylation is 1. The highest BCUT2D eigenvalue weighted by atomic mass is 32.2. The third-order valence-electron chi connectivity index (χ3n) is 3.53. The summed E-state index contributed by atoms with van der Waals surface area (Å²) in [7, 11) is 0. The van der Waals surface area contributed by atoms with Crippen molar-refractivity contribution in [2.45, 2.75) is 6.92 Å². The van der Waals surface area contributed by atoms with E-state index in [4.69, 9.17) is 4.74 Å². The molecule has 0 spiro atoms. The van der Waals surface area contributed by atoms with Gasteiger partial charge in [0.2, 0.25) is 5.12 Å². The number of nitrogens with one attached hydrogen (secondary N) is 1. The third-order valence-corrected chi connectivity index (χ3v) is 4.38. The molecule has 0 atom stereocenters. The number of carbonyl (C=O) groups is 2. The third kappa shape index (κ3) is 4.60. The number of hydrogen-bond acceptors (Lipinski definition) is 5. The maximum atomic E-state index is 13.1. The molecule has 0 saturated carbocycles. The minimum atomic E-state index is -0.447. The van der Waals surface area contributed by atoms with Gasteiger partial charge >= 0.3 is 0 Å². The lowest BCUT2D eigenvalue weighted by atomic mass is 10.2. The van der Waals surface area contributed by atoms with Crippen LogP contribution in [0.1, 0.15) is 5.56 Å². The van der Waals surface area contributed by atoms with Crippen LogP contribution in [0.5, 0.6) is 5.75 Å². The predicted molar refractivity (Wildman–Crippen MR) is 98.6 cm³/mol. The molecule has 2 aromatic rings.